The highest BCUT2D eigenvalue weighted by Gasteiger charge is 2.27. The van der Waals surface area contributed by atoms with Crippen LogP contribution in [0.15, 0.2) is 17.2 Å². The first kappa shape index (κ1) is 14.3. The quantitative estimate of drug-likeness (QED) is 0.787. The second-order valence-corrected chi connectivity index (χ2v) is 5.19. The molecular weight excluding hydrogens is 266 g/mol. The van der Waals surface area contributed by atoms with Gasteiger partial charge in [-0.25, -0.2) is 4.98 Å². The molecule has 5 nitrogen and oxygen atoms in total. The van der Waals surface area contributed by atoms with E-state index >= 15 is 0 Å². The monoisotopic (exact) mass is 285 g/mol. The predicted octanol–water partition coefficient (Wildman–Crippen LogP) is 1.49. The summed E-state index contributed by atoms with van der Waals surface area (Å²) in [6, 6.07) is 0. The van der Waals surface area contributed by atoms with Crippen LogP contribution in [-0.4, -0.2) is 40.7 Å². The van der Waals surface area contributed by atoms with Crippen molar-refractivity contribution in [3.63, 3.8) is 0 Å². The molecule has 0 radical (unpaired) electrons. The Bertz CT molecular complexity index is 477. The molecule has 106 valence electrons. The number of nitrogens with zero attached hydrogens (tertiary/aromatic N) is 3. The molecule has 1 aromatic rings. The molecule has 2 unspecified atom stereocenters. The third-order valence-electron chi connectivity index (χ3n) is 3.16. The fourth-order valence-electron chi connectivity index (χ4n) is 2.37. The van der Waals surface area contributed by atoms with Crippen LogP contribution in [0, 0.1) is 0 Å². The first-order valence-electron chi connectivity index (χ1n) is 6.67. The number of ether oxygens (including phenoxy) is 1. The number of aryl methyl sites for hydroxylation is 1. The molecular formula is C13H20ClN3O2. The second kappa shape index (κ2) is 6.39. The average molecular weight is 286 g/mol. The zero-order valence-corrected chi connectivity index (χ0v) is 12.1. The number of hydrogen-bond acceptors (Lipinski definition) is 4. The topological polar surface area (TPSA) is 47.4 Å². The van der Waals surface area contributed by atoms with E-state index in [4.69, 9.17) is 16.3 Å². The zero-order valence-electron chi connectivity index (χ0n) is 11.4. The third-order valence-corrected chi connectivity index (χ3v) is 3.50. The number of alkyl halides is 1. The first-order chi connectivity index (χ1) is 9.15. The van der Waals surface area contributed by atoms with Crippen molar-refractivity contribution >= 4 is 17.4 Å². The maximum absolute atomic E-state index is 12.3. The van der Waals surface area contributed by atoms with Gasteiger partial charge in [0.15, 0.2) is 5.82 Å². The Morgan fingerprint density at radius 3 is 3.00 bits per heavy atom. The minimum Gasteiger partial charge on any atom is -0.370 e. The summed E-state index contributed by atoms with van der Waals surface area (Å²) in [6.07, 6.45) is 4.35. The molecule has 19 heavy (non-hydrogen) atoms. The summed E-state index contributed by atoms with van der Waals surface area (Å²) in [4.78, 5) is 18.6. The van der Waals surface area contributed by atoms with Crippen LogP contribution in [0.25, 0.3) is 0 Å². The summed E-state index contributed by atoms with van der Waals surface area (Å²) in [6.45, 7) is 6.04. The molecule has 2 rings (SSSR count). The van der Waals surface area contributed by atoms with Crippen molar-refractivity contribution in [3.05, 3.63) is 22.7 Å². The SMILES string of the molecule is CCCn1ccnc(N2CC(C)OC(CCl)C2)c1=O. The van der Waals surface area contributed by atoms with Crippen LogP contribution in [0.5, 0.6) is 0 Å². The molecule has 0 N–H and O–H groups in total. The molecule has 1 aliphatic rings. The lowest BCUT2D eigenvalue weighted by atomic mass is 10.2. The number of hydrogen-bond donors (Lipinski definition) is 0. The highest BCUT2D eigenvalue weighted by molar-refractivity contribution is 6.18. The summed E-state index contributed by atoms with van der Waals surface area (Å²) < 4.78 is 7.40. The van der Waals surface area contributed by atoms with Crippen LogP contribution in [0.2, 0.25) is 0 Å². The maximum Gasteiger partial charge on any atom is 0.293 e. The summed E-state index contributed by atoms with van der Waals surface area (Å²) in [5, 5.41) is 0. The van der Waals surface area contributed by atoms with Crippen LogP contribution >= 0.6 is 11.6 Å². The van der Waals surface area contributed by atoms with Crippen molar-refractivity contribution in [2.24, 2.45) is 0 Å². The minimum atomic E-state index is -0.0496. The summed E-state index contributed by atoms with van der Waals surface area (Å²) in [5.41, 5.74) is -0.0354. The van der Waals surface area contributed by atoms with Crippen molar-refractivity contribution in [1.82, 2.24) is 9.55 Å². The largest absolute Gasteiger partial charge is 0.370 e. The van der Waals surface area contributed by atoms with Gasteiger partial charge in [-0.1, -0.05) is 6.92 Å². The highest BCUT2D eigenvalue weighted by atomic mass is 35.5. The lowest BCUT2D eigenvalue weighted by Crippen LogP contribution is -2.49. The number of anilines is 1. The van der Waals surface area contributed by atoms with Gasteiger partial charge in [0.1, 0.15) is 0 Å². The summed E-state index contributed by atoms with van der Waals surface area (Å²) in [5.74, 6) is 0.929. The highest BCUT2D eigenvalue weighted by Crippen LogP contribution is 2.16. The first-order valence-corrected chi connectivity index (χ1v) is 7.21. The number of halogens is 1. The van der Waals surface area contributed by atoms with Crippen molar-refractivity contribution in [1.29, 1.82) is 0 Å². The normalized spacial score (nSPS) is 23.6. The average Bonchev–Trinajstić information content (AvgIpc) is 2.40. The molecule has 6 heteroatoms. The van der Waals surface area contributed by atoms with Gasteiger partial charge in [-0.3, -0.25) is 4.79 Å². The Labute approximate surface area is 118 Å². The van der Waals surface area contributed by atoms with E-state index in [1.54, 1.807) is 17.0 Å². The van der Waals surface area contributed by atoms with Crippen molar-refractivity contribution in [3.8, 4) is 0 Å². The van der Waals surface area contributed by atoms with Gasteiger partial charge in [-0.15, -0.1) is 11.6 Å². The van der Waals surface area contributed by atoms with Gasteiger partial charge in [0.25, 0.3) is 5.56 Å². The standard InChI is InChI=1S/C13H20ClN3O2/c1-3-5-16-6-4-15-12(13(16)18)17-8-10(2)19-11(7-14)9-17/h4,6,10-11H,3,5,7-9H2,1-2H3. The molecule has 0 aromatic carbocycles. The minimum absolute atomic E-state index is 0.0354. The fourth-order valence-corrected chi connectivity index (χ4v) is 2.54. The van der Waals surface area contributed by atoms with E-state index in [0.717, 1.165) is 6.42 Å². The molecule has 2 atom stereocenters. The van der Waals surface area contributed by atoms with Crippen LogP contribution in [0.3, 0.4) is 0 Å². The van der Waals surface area contributed by atoms with E-state index in [1.807, 2.05) is 18.7 Å². The van der Waals surface area contributed by atoms with Crippen LogP contribution in [0.1, 0.15) is 20.3 Å². The Morgan fingerprint density at radius 1 is 1.53 bits per heavy atom. The lowest BCUT2D eigenvalue weighted by Gasteiger charge is -2.36. The van der Waals surface area contributed by atoms with Gasteiger partial charge >= 0.3 is 0 Å². The Hall–Kier alpha value is -1.07. The number of aromatic nitrogens is 2. The van der Waals surface area contributed by atoms with Gasteiger partial charge in [0.2, 0.25) is 0 Å². The second-order valence-electron chi connectivity index (χ2n) is 4.88. The molecule has 0 aliphatic carbocycles. The van der Waals surface area contributed by atoms with E-state index in [2.05, 4.69) is 4.98 Å². The van der Waals surface area contributed by atoms with Crippen molar-refractivity contribution in [2.75, 3.05) is 23.9 Å². The van der Waals surface area contributed by atoms with E-state index < -0.39 is 0 Å². The Balaban J connectivity index is 2.25. The molecule has 1 aromatic heterocycles. The van der Waals surface area contributed by atoms with Gasteiger partial charge in [-0.05, 0) is 13.3 Å². The Morgan fingerprint density at radius 2 is 2.32 bits per heavy atom. The van der Waals surface area contributed by atoms with E-state index in [1.165, 1.54) is 0 Å². The maximum atomic E-state index is 12.3. The molecule has 0 saturated carbocycles. The number of rotatable bonds is 4. The molecule has 1 fully saturated rings. The predicted molar refractivity (Wildman–Crippen MR) is 76.1 cm³/mol. The van der Waals surface area contributed by atoms with Crippen LogP contribution < -0.4 is 10.5 Å². The summed E-state index contributed by atoms with van der Waals surface area (Å²) >= 11 is 5.86. The fraction of sp³-hybridized carbons (Fsp3) is 0.692. The van der Waals surface area contributed by atoms with Crippen molar-refractivity contribution in [2.45, 2.75) is 39.0 Å². The molecule has 2 heterocycles. The van der Waals surface area contributed by atoms with Crippen LogP contribution in [-0.2, 0) is 11.3 Å². The van der Waals surface area contributed by atoms with Gasteiger partial charge in [0, 0.05) is 32.0 Å². The van der Waals surface area contributed by atoms with E-state index in [9.17, 15) is 4.79 Å². The van der Waals surface area contributed by atoms with Gasteiger partial charge in [-0.2, -0.15) is 0 Å². The molecule has 0 amide bonds. The molecule has 0 spiro atoms. The lowest BCUT2D eigenvalue weighted by molar-refractivity contribution is -0.00368. The van der Waals surface area contributed by atoms with E-state index in [0.29, 0.717) is 31.3 Å². The van der Waals surface area contributed by atoms with E-state index in [-0.39, 0.29) is 17.8 Å². The zero-order chi connectivity index (χ0) is 13.8. The van der Waals surface area contributed by atoms with Crippen molar-refractivity contribution < 1.29 is 4.74 Å². The number of morpholine rings is 1. The van der Waals surface area contributed by atoms with Gasteiger partial charge < -0.3 is 14.2 Å². The third kappa shape index (κ3) is 3.28. The molecule has 1 aliphatic heterocycles. The Kier molecular flexibility index (Phi) is 4.82. The smallest absolute Gasteiger partial charge is 0.293 e. The summed E-state index contributed by atoms with van der Waals surface area (Å²) in [7, 11) is 0. The van der Waals surface area contributed by atoms with Crippen LogP contribution in [0.4, 0.5) is 5.82 Å². The molecule has 0 bridgehead atoms. The molecule has 1 saturated heterocycles. The van der Waals surface area contributed by atoms with Gasteiger partial charge in [0.05, 0.1) is 18.1 Å².